The van der Waals surface area contributed by atoms with Crippen LogP contribution >= 0.6 is 0 Å². The van der Waals surface area contributed by atoms with Crippen LogP contribution in [-0.4, -0.2) is 5.16 Å². The predicted octanol–water partition coefficient (Wildman–Crippen LogP) is 12.4. The topological polar surface area (TPSA) is 26.0 Å². The van der Waals surface area contributed by atoms with Crippen molar-refractivity contribution in [2.75, 3.05) is 0 Å². The molecule has 0 bridgehead atoms. The summed E-state index contributed by atoms with van der Waals surface area (Å²) in [6.45, 7) is 4.06. The lowest BCUT2D eigenvalue weighted by molar-refractivity contribution is 0.393. The Morgan fingerprint density at radius 1 is 0.440 bits per heavy atom. The first-order chi connectivity index (χ1) is 24.7. The zero-order valence-electron chi connectivity index (χ0n) is 27.8. The van der Waals surface area contributed by atoms with Crippen LogP contribution < -0.4 is 0 Å². The van der Waals surface area contributed by atoms with Crippen molar-refractivity contribution in [1.82, 2.24) is 5.16 Å². The fraction of sp³-hybridized carbons (Fsp3) is 0.0625. The number of aromatic nitrogens is 1. The van der Waals surface area contributed by atoms with Crippen molar-refractivity contribution in [2.24, 2.45) is 0 Å². The highest BCUT2D eigenvalue weighted by Gasteiger charge is 2.52. The number of benzene rings is 8. The molecular formula is C48H31NO. The van der Waals surface area contributed by atoms with Gasteiger partial charge in [0.05, 0.1) is 11.1 Å². The lowest BCUT2D eigenvalue weighted by Crippen LogP contribution is -2.26. The Labute approximate surface area is 290 Å². The second-order valence-corrected chi connectivity index (χ2v) is 13.9. The van der Waals surface area contributed by atoms with E-state index in [2.05, 4.69) is 157 Å². The van der Waals surface area contributed by atoms with E-state index in [1.54, 1.807) is 0 Å². The molecule has 0 saturated heterocycles. The second-order valence-electron chi connectivity index (χ2n) is 13.9. The van der Waals surface area contributed by atoms with Crippen LogP contribution in [0.3, 0.4) is 0 Å². The molecule has 0 saturated carbocycles. The van der Waals surface area contributed by atoms with Gasteiger partial charge in [0.2, 0.25) is 0 Å². The van der Waals surface area contributed by atoms with E-state index in [0.29, 0.717) is 0 Å². The fourth-order valence-electron chi connectivity index (χ4n) is 9.62. The van der Waals surface area contributed by atoms with Crippen LogP contribution in [0.15, 0.2) is 156 Å². The van der Waals surface area contributed by atoms with E-state index in [0.717, 1.165) is 17.0 Å². The third-order valence-electron chi connectivity index (χ3n) is 11.5. The van der Waals surface area contributed by atoms with Gasteiger partial charge in [-0.15, -0.1) is 0 Å². The summed E-state index contributed by atoms with van der Waals surface area (Å²) in [6.07, 6.45) is 0. The average Bonchev–Trinajstić information content (AvgIpc) is 3.77. The number of fused-ring (bicyclic) bond motifs is 14. The van der Waals surface area contributed by atoms with Gasteiger partial charge < -0.3 is 4.52 Å². The molecule has 0 amide bonds. The standard InChI is InChI=1S/C48H31NO/c1-28-44(29(2)50-49-28)46-38-19-7-5-17-36(38)45(37-18-6-8-20-39(37)46)31-24-25-35-40-26-23-30-13-3-4-14-32(30)47(40)48(43(35)27-31)41-21-11-9-15-33(41)34-16-10-12-22-42(34)48/h3-27H,1-2H3. The molecular weight excluding hydrogens is 607 g/mol. The van der Waals surface area contributed by atoms with E-state index < -0.39 is 5.41 Å². The maximum absolute atomic E-state index is 5.73. The molecule has 9 aromatic rings. The van der Waals surface area contributed by atoms with Gasteiger partial charge in [0.15, 0.2) is 0 Å². The molecule has 2 aliphatic carbocycles. The third-order valence-corrected chi connectivity index (χ3v) is 11.5. The Kier molecular flexibility index (Phi) is 5.48. The van der Waals surface area contributed by atoms with Crippen LogP contribution in [-0.2, 0) is 5.41 Å². The quantitative estimate of drug-likeness (QED) is 0.176. The first kappa shape index (κ1) is 27.7. The van der Waals surface area contributed by atoms with Gasteiger partial charge in [-0.2, -0.15) is 0 Å². The molecule has 2 aliphatic rings. The average molecular weight is 638 g/mol. The number of hydrogen-bond donors (Lipinski definition) is 0. The zero-order valence-corrected chi connectivity index (χ0v) is 27.8. The highest BCUT2D eigenvalue weighted by Crippen LogP contribution is 2.64. The second kappa shape index (κ2) is 9.90. The zero-order chi connectivity index (χ0) is 33.1. The van der Waals surface area contributed by atoms with Gasteiger partial charge >= 0.3 is 0 Å². The lowest BCUT2D eigenvalue weighted by Gasteiger charge is -2.32. The Morgan fingerprint density at radius 2 is 0.960 bits per heavy atom. The van der Waals surface area contributed by atoms with E-state index in [-0.39, 0.29) is 0 Å². The molecule has 0 N–H and O–H groups in total. The maximum atomic E-state index is 5.73. The van der Waals surface area contributed by atoms with E-state index in [1.165, 1.54) is 93.5 Å². The number of aryl methyl sites for hydroxylation is 2. The summed E-state index contributed by atoms with van der Waals surface area (Å²) in [5.41, 5.74) is 15.9. The van der Waals surface area contributed by atoms with Gasteiger partial charge in [-0.1, -0.05) is 151 Å². The molecule has 1 spiro atoms. The number of hydrogen-bond acceptors (Lipinski definition) is 2. The normalized spacial score (nSPS) is 13.6. The van der Waals surface area contributed by atoms with Crippen LogP contribution in [0.4, 0.5) is 0 Å². The van der Waals surface area contributed by atoms with Gasteiger partial charge in [-0.3, -0.25) is 0 Å². The fourth-order valence-corrected chi connectivity index (χ4v) is 9.62. The summed E-state index contributed by atoms with van der Waals surface area (Å²) in [5, 5.41) is 11.8. The summed E-state index contributed by atoms with van der Waals surface area (Å²) >= 11 is 0. The molecule has 8 aromatic carbocycles. The van der Waals surface area contributed by atoms with Crippen molar-refractivity contribution in [1.29, 1.82) is 0 Å². The molecule has 0 atom stereocenters. The van der Waals surface area contributed by atoms with Crippen molar-refractivity contribution >= 4 is 32.3 Å². The number of nitrogens with zero attached hydrogens (tertiary/aromatic N) is 1. The lowest BCUT2D eigenvalue weighted by atomic mass is 9.69. The summed E-state index contributed by atoms with van der Waals surface area (Å²) in [6, 6.07) is 56.7. The summed E-state index contributed by atoms with van der Waals surface area (Å²) in [4.78, 5) is 0. The van der Waals surface area contributed by atoms with Crippen molar-refractivity contribution in [3.8, 4) is 44.5 Å². The molecule has 0 radical (unpaired) electrons. The minimum Gasteiger partial charge on any atom is -0.361 e. The van der Waals surface area contributed by atoms with Crippen LogP contribution in [0.25, 0.3) is 76.8 Å². The molecule has 0 aliphatic heterocycles. The Hall–Kier alpha value is -6.25. The Bertz CT molecular complexity index is 2790. The molecule has 1 aromatic heterocycles. The smallest absolute Gasteiger partial charge is 0.141 e. The van der Waals surface area contributed by atoms with Gasteiger partial charge in [0, 0.05) is 11.1 Å². The van der Waals surface area contributed by atoms with Crippen molar-refractivity contribution in [3.05, 3.63) is 185 Å². The van der Waals surface area contributed by atoms with Gasteiger partial charge in [-0.25, -0.2) is 0 Å². The number of rotatable bonds is 2. The van der Waals surface area contributed by atoms with Gasteiger partial charge in [-0.05, 0) is 108 Å². The first-order valence-electron chi connectivity index (χ1n) is 17.4. The van der Waals surface area contributed by atoms with E-state index in [1.807, 2.05) is 13.8 Å². The van der Waals surface area contributed by atoms with Crippen LogP contribution in [0.2, 0.25) is 0 Å². The molecule has 0 fully saturated rings. The summed E-state index contributed by atoms with van der Waals surface area (Å²) in [7, 11) is 0. The highest BCUT2D eigenvalue weighted by molar-refractivity contribution is 6.22. The van der Waals surface area contributed by atoms with Crippen LogP contribution in [0.1, 0.15) is 33.7 Å². The molecule has 50 heavy (non-hydrogen) atoms. The third kappa shape index (κ3) is 3.36. The van der Waals surface area contributed by atoms with Gasteiger partial charge in [0.25, 0.3) is 0 Å². The van der Waals surface area contributed by atoms with E-state index in [9.17, 15) is 0 Å². The maximum Gasteiger partial charge on any atom is 0.141 e. The van der Waals surface area contributed by atoms with Crippen molar-refractivity contribution in [2.45, 2.75) is 19.3 Å². The molecule has 234 valence electrons. The molecule has 1 heterocycles. The molecule has 11 rings (SSSR count). The van der Waals surface area contributed by atoms with Crippen molar-refractivity contribution in [3.63, 3.8) is 0 Å². The summed E-state index contributed by atoms with van der Waals surface area (Å²) in [5.74, 6) is 0.841. The van der Waals surface area contributed by atoms with Gasteiger partial charge in [0.1, 0.15) is 5.76 Å². The minimum atomic E-state index is -0.447. The SMILES string of the molecule is Cc1noc(C)c1-c1c2ccccc2c(-c2ccc3c(c2)C2(c4ccccc4-c4ccccc42)c2c-3ccc3ccccc23)c2ccccc12. The van der Waals surface area contributed by atoms with Crippen LogP contribution in [0.5, 0.6) is 0 Å². The van der Waals surface area contributed by atoms with Crippen LogP contribution in [0, 0.1) is 13.8 Å². The van der Waals surface area contributed by atoms with E-state index >= 15 is 0 Å². The highest BCUT2D eigenvalue weighted by atomic mass is 16.5. The first-order valence-corrected chi connectivity index (χ1v) is 17.4. The summed E-state index contributed by atoms with van der Waals surface area (Å²) < 4.78 is 5.73. The minimum absolute atomic E-state index is 0.447. The van der Waals surface area contributed by atoms with E-state index in [4.69, 9.17) is 4.52 Å². The predicted molar refractivity (Wildman–Crippen MR) is 206 cm³/mol. The molecule has 2 heteroatoms. The Balaban J connectivity index is 1.29. The largest absolute Gasteiger partial charge is 0.361 e. The van der Waals surface area contributed by atoms with Crippen molar-refractivity contribution < 1.29 is 4.52 Å². The Morgan fingerprint density at radius 3 is 1.58 bits per heavy atom. The molecule has 2 nitrogen and oxygen atoms in total. The molecule has 0 unspecified atom stereocenters. The monoisotopic (exact) mass is 637 g/mol.